The molecule has 0 saturated heterocycles. The summed E-state index contributed by atoms with van der Waals surface area (Å²) in [5.74, 6) is 2.55. The van der Waals surface area contributed by atoms with Crippen molar-refractivity contribution in [3.63, 3.8) is 0 Å². The van der Waals surface area contributed by atoms with Gasteiger partial charge in [0.2, 0.25) is 0 Å². The van der Waals surface area contributed by atoms with Gasteiger partial charge in [-0.1, -0.05) is 87.9 Å². The number of pyridine rings is 6. The van der Waals surface area contributed by atoms with E-state index in [4.69, 9.17) is 34.2 Å². The highest BCUT2D eigenvalue weighted by atomic mass is 16.5. The molecule has 0 spiro atoms. The van der Waals surface area contributed by atoms with Gasteiger partial charge in [-0.3, -0.25) is 48.7 Å². The van der Waals surface area contributed by atoms with Gasteiger partial charge in [-0.2, -0.15) is 15.3 Å². The van der Waals surface area contributed by atoms with Crippen LogP contribution in [0.4, 0.5) is 0 Å². The maximum atomic E-state index is 12.2. The van der Waals surface area contributed by atoms with E-state index in [-0.39, 0.29) is 29.8 Å². The van der Waals surface area contributed by atoms with Crippen molar-refractivity contribution in [1.29, 1.82) is 0 Å². The fourth-order valence-corrected chi connectivity index (χ4v) is 12.9. The molecule has 0 saturated carbocycles. The van der Waals surface area contributed by atoms with E-state index in [1.165, 1.54) is 28.2 Å². The molecule has 0 radical (unpaired) electrons. The van der Waals surface area contributed by atoms with Gasteiger partial charge in [-0.15, -0.1) is 0 Å². The number of nitrogens with zero attached hydrogens (tertiary/aromatic N) is 12. The number of ether oxygens (including phenoxy) is 4. The SMILES string of the molecule is C.CC.CC.CC.CC(C)(C)C(=O)CCOc1ccc2c(-c3c(-c4ccccn4)nn4c3CCC4)ccnc2c1.CC(C)(C)NCCOc1ccc2c(-c3c(-c4ccccn4)nn4c3CCC4)ccnc2c1.CC(C)(C)OCCOc1ccc2c(-c3c(-c4ccccn4)nn4c3CCC4)ccnc2c1. The summed E-state index contributed by atoms with van der Waals surface area (Å²) in [6.45, 7) is 36.1. The number of ketones is 1. The fraction of sp³-hybridized carbons (Fsp3) is 0.395. The van der Waals surface area contributed by atoms with E-state index in [0.717, 1.165) is 171 Å². The molecule has 0 atom stereocenters. The van der Waals surface area contributed by atoms with Crippen molar-refractivity contribution in [2.24, 2.45) is 5.41 Å². The van der Waals surface area contributed by atoms with Gasteiger partial charge in [0.15, 0.2) is 0 Å². The van der Waals surface area contributed by atoms with E-state index in [1.807, 2.05) is 211 Å². The zero-order valence-corrected chi connectivity index (χ0v) is 63.1. The van der Waals surface area contributed by atoms with Crippen molar-refractivity contribution in [2.45, 2.75) is 187 Å². The second-order valence-electron chi connectivity index (χ2n) is 27.9. The molecule has 15 rings (SSSR count). The molecule has 3 aliphatic heterocycles. The Morgan fingerprint density at radius 2 is 0.779 bits per heavy atom. The van der Waals surface area contributed by atoms with Gasteiger partial charge in [0, 0.05) is 149 Å². The molecule has 0 aliphatic carbocycles. The lowest BCUT2D eigenvalue weighted by atomic mass is 9.89. The maximum absolute atomic E-state index is 12.2. The third-order valence-electron chi connectivity index (χ3n) is 17.5. The largest absolute Gasteiger partial charge is 0.493 e. The Hall–Kier alpha value is -10.0. The van der Waals surface area contributed by atoms with Gasteiger partial charge in [-0.25, -0.2) is 0 Å². The minimum atomic E-state index is -0.347. The standard InChI is InChI=1S/C27H28N4O2.C26H29N5O.C26H28N4O2.3C2H6.CH4/c1-27(2,3)24(32)12-16-33-18-9-10-19-20(11-14-29-22(19)17-18)25-23-8-6-15-31(23)30-26(25)21-7-4-5-13-28-21;1-26(2,3)29-14-16-32-18-9-10-19-20(11-13-28-22(19)17-18)24-23-8-6-15-31(23)30-25(24)21-7-4-5-12-27-21;1-26(2,3)32-16-15-31-18-9-10-19-20(11-13-28-22(19)17-18)24-23-8-6-14-30(23)29-25(24)21-7-4-5-12-27-21;3*1-2;/h4-5,7,9-11,13-14,17H,6,8,12,15-16H2,1-3H3;4-5,7,9-13,17,29H,6,8,14-16H2,1-3H3;4-5,7,9-13,17H,6,8,14-16H2,1-3H3;3*1-2H3;1H4. The second kappa shape index (κ2) is 35.9. The highest BCUT2D eigenvalue weighted by molar-refractivity contribution is 6.02. The number of nitrogens with one attached hydrogen (secondary N) is 1. The van der Waals surface area contributed by atoms with Crippen molar-refractivity contribution >= 4 is 38.5 Å². The quantitative estimate of drug-likeness (QED) is 0.0796. The van der Waals surface area contributed by atoms with Crippen molar-refractivity contribution in [1.82, 2.24) is 64.6 Å². The number of rotatable bonds is 18. The number of carbonyl (C=O) groups excluding carboxylic acids is 1. The second-order valence-corrected chi connectivity index (χ2v) is 27.9. The highest BCUT2D eigenvalue weighted by Gasteiger charge is 2.30. The lowest BCUT2D eigenvalue weighted by Crippen LogP contribution is -2.38. The molecule has 9 aromatic heterocycles. The monoisotopic (exact) mass is 1400 g/mol. The summed E-state index contributed by atoms with van der Waals surface area (Å²) < 4.78 is 29.9. The van der Waals surface area contributed by atoms with Gasteiger partial charge in [-0.05, 0) is 188 Å². The van der Waals surface area contributed by atoms with Crippen LogP contribution in [-0.2, 0) is 48.4 Å². The van der Waals surface area contributed by atoms with Crippen molar-refractivity contribution in [3.05, 3.63) is 182 Å². The van der Waals surface area contributed by atoms with Crippen LogP contribution in [0.15, 0.2) is 165 Å². The molecule has 1 N–H and O–H groups in total. The van der Waals surface area contributed by atoms with E-state index >= 15 is 0 Å². The molecular formula is C86H107N13O5. The first-order valence-electron chi connectivity index (χ1n) is 36.9. The van der Waals surface area contributed by atoms with Crippen LogP contribution >= 0.6 is 0 Å². The van der Waals surface area contributed by atoms with Gasteiger partial charge in [0.25, 0.3) is 0 Å². The van der Waals surface area contributed by atoms with Crippen LogP contribution in [0, 0.1) is 5.41 Å². The summed E-state index contributed by atoms with van der Waals surface area (Å²) in [5, 5.41) is 21.5. The Kier molecular flexibility index (Phi) is 27.0. The van der Waals surface area contributed by atoms with E-state index in [1.54, 1.807) is 0 Å². The highest BCUT2D eigenvalue weighted by Crippen LogP contribution is 2.44. The zero-order chi connectivity index (χ0) is 73.3. The van der Waals surface area contributed by atoms with Gasteiger partial charge in [0.1, 0.15) is 53.3 Å². The number of Topliss-reactive ketones (excluding diaryl/α,β-unsaturated/α-hetero) is 1. The smallest absolute Gasteiger partial charge is 0.141 e. The summed E-state index contributed by atoms with van der Waals surface area (Å²) in [6.07, 6.45) is 17.8. The summed E-state index contributed by atoms with van der Waals surface area (Å²) in [6, 6.07) is 42.4. The lowest BCUT2D eigenvalue weighted by Gasteiger charge is -2.20. The molecule has 12 aromatic rings. The van der Waals surface area contributed by atoms with Crippen LogP contribution < -0.4 is 19.5 Å². The fourth-order valence-electron chi connectivity index (χ4n) is 12.9. The van der Waals surface area contributed by atoms with Crippen molar-refractivity contribution in [3.8, 4) is 84.8 Å². The number of fused-ring (bicyclic) bond motifs is 6. The number of aromatic nitrogens is 12. The lowest BCUT2D eigenvalue weighted by molar-refractivity contribution is -0.126. The molecule has 3 aliphatic rings. The van der Waals surface area contributed by atoms with Crippen LogP contribution in [0.3, 0.4) is 0 Å². The Bertz CT molecular complexity index is 4560. The number of benzene rings is 3. The summed E-state index contributed by atoms with van der Waals surface area (Å²) >= 11 is 0. The summed E-state index contributed by atoms with van der Waals surface area (Å²) in [4.78, 5) is 39.8. The maximum Gasteiger partial charge on any atom is 0.141 e. The summed E-state index contributed by atoms with van der Waals surface area (Å²) in [5.41, 5.74) is 18.4. The van der Waals surface area contributed by atoms with Crippen molar-refractivity contribution < 1.29 is 23.7 Å². The molecule has 3 aromatic carbocycles. The topological polar surface area (TPSA) is 197 Å². The van der Waals surface area contributed by atoms with E-state index in [2.05, 4.69) is 106 Å². The molecule has 0 amide bonds. The van der Waals surface area contributed by atoms with Crippen LogP contribution in [0.5, 0.6) is 17.2 Å². The molecule has 18 heteroatoms. The Balaban J connectivity index is 0.000000174. The average molecular weight is 1400 g/mol. The van der Waals surface area contributed by atoms with Crippen LogP contribution in [0.1, 0.15) is 154 Å². The Morgan fingerprint density at radius 1 is 0.423 bits per heavy atom. The Morgan fingerprint density at radius 3 is 1.11 bits per heavy atom. The summed E-state index contributed by atoms with van der Waals surface area (Å²) in [7, 11) is 0. The first-order valence-corrected chi connectivity index (χ1v) is 36.9. The average Bonchev–Trinajstić information content (AvgIpc) is 1.59. The van der Waals surface area contributed by atoms with Crippen LogP contribution in [0.25, 0.3) is 100 Å². The Labute approximate surface area is 615 Å². The van der Waals surface area contributed by atoms with E-state index in [0.29, 0.717) is 32.8 Å². The zero-order valence-electron chi connectivity index (χ0n) is 63.1. The van der Waals surface area contributed by atoms with Crippen molar-refractivity contribution in [2.75, 3.05) is 33.0 Å². The minimum absolute atomic E-state index is 0. The molecule has 0 fully saturated rings. The molecule has 0 bridgehead atoms. The minimum Gasteiger partial charge on any atom is -0.493 e. The number of hydrogen-bond donors (Lipinski definition) is 1. The normalized spacial score (nSPS) is 12.7. The van der Waals surface area contributed by atoms with E-state index in [9.17, 15) is 4.79 Å². The third kappa shape index (κ3) is 18.8. The predicted molar refractivity (Wildman–Crippen MR) is 423 cm³/mol. The molecule has 546 valence electrons. The first-order chi connectivity index (χ1) is 49.9. The number of hydrogen-bond acceptors (Lipinski definition) is 15. The van der Waals surface area contributed by atoms with Gasteiger partial charge >= 0.3 is 0 Å². The number of carbonyl (C=O) groups is 1. The van der Waals surface area contributed by atoms with Crippen LogP contribution in [-0.4, -0.2) is 109 Å². The van der Waals surface area contributed by atoms with Gasteiger partial charge < -0.3 is 24.3 Å². The molecule has 18 nitrogen and oxygen atoms in total. The molecule has 0 unspecified atom stereocenters. The van der Waals surface area contributed by atoms with E-state index < -0.39 is 0 Å². The predicted octanol–water partition coefficient (Wildman–Crippen LogP) is 19.4. The molecular weight excluding hydrogens is 1300 g/mol. The molecule has 104 heavy (non-hydrogen) atoms. The van der Waals surface area contributed by atoms with Crippen LogP contribution in [0.2, 0.25) is 0 Å². The third-order valence-corrected chi connectivity index (χ3v) is 17.5. The molecule has 12 heterocycles. The number of aryl methyl sites for hydroxylation is 3. The van der Waals surface area contributed by atoms with Gasteiger partial charge in [0.05, 0.1) is 52.4 Å². The first kappa shape index (κ1) is 78.1.